The number of hydrogen-bond donors (Lipinski definition) is 2. The highest BCUT2D eigenvalue weighted by atomic mass is 16.4. The molecular formula is C11H14N2O2. The lowest BCUT2D eigenvalue weighted by Crippen LogP contribution is -2.30. The molecule has 1 aromatic heterocycles. The second-order valence-corrected chi connectivity index (χ2v) is 3.42. The first-order valence-electron chi connectivity index (χ1n) is 4.61. The molecule has 0 saturated heterocycles. The van der Waals surface area contributed by atoms with Gasteiger partial charge in [-0.05, 0) is 31.1 Å². The van der Waals surface area contributed by atoms with E-state index in [0.29, 0.717) is 11.3 Å². The van der Waals surface area contributed by atoms with Gasteiger partial charge in [-0.1, -0.05) is 12.6 Å². The van der Waals surface area contributed by atoms with Gasteiger partial charge in [0.25, 0.3) is 0 Å². The van der Waals surface area contributed by atoms with Crippen LogP contribution in [-0.2, 0) is 4.79 Å². The molecule has 0 aromatic carbocycles. The number of carbonyl (C=O) groups is 1. The molecule has 4 heteroatoms. The molecule has 1 heterocycles. The number of pyridine rings is 1. The number of aliphatic carboxylic acids is 1. The molecule has 0 aliphatic rings. The van der Waals surface area contributed by atoms with Gasteiger partial charge < -0.3 is 10.8 Å². The first-order valence-corrected chi connectivity index (χ1v) is 4.61. The third-order valence-corrected chi connectivity index (χ3v) is 2.03. The lowest BCUT2D eigenvalue weighted by molar-refractivity contribution is -0.138. The fraction of sp³-hybridized carbons (Fsp3) is 0.273. The van der Waals surface area contributed by atoms with Gasteiger partial charge in [0, 0.05) is 5.69 Å². The molecule has 4 nitrogen and oxygen atoms in total. The van der Waals surface area contributed by atoms with Gasteiger partial charge in [0.05, 0.1) is 5.69 Å². The molecule has 80 valence electrons. The highest BCUT2D eigenvalue weighted by Gasteiger charge is 2.14. The van der Waals surface area contributed by atoms with E-state index >= 15 is 0 Å². The van der Waals surface area contributed by atoms with Crippen LogP contribution in [0.1, 0.15) is 17.8 Å². The Labute approximate surface area is 88.4 Å². The van der Waals surface area contributed by atoms with E-state index in [1.807, 2.05) is 19.1 Å². The van der Waals surface area contributed by atoms with Crippen molar-refractivity contribution >= 4 is 11.5 Å². The minimum Gasteiger partial charge on any atom is -0.480 e. The molecule has 1 unspecified atom stereocenters. The fourth-order valence-corrected chi connectivity index (χ4v) is 1.20. The zero-order valence-electron chi connectivity index (χ0n) is 8.60. The van der Waals surface area contributed by atoms with E-state index < -0.39 is 12.0 Å². The highest BCUT2D eigenvalue weighted by Crippen LogP contribution is 2.15. The molecule has 0 spiro atoms. The summed E-state index contributed by atoms with van der Waals surface area (Å²) in [7, 11) is 0. The first kappa shape index (κ1) is 11.4. The largest absolute Gasteiger partial charge is 0.480 e. The van der Waals surface area contributed by atoms with E-state index in [9.17, 15) is 4.79 Å². The molecule has 0 aliphatic heterocycles. The van der Waals surface area contributed by atoms with Gasteiger partial charge in [0.1, 0.15) is 6.04 Å². The maximum atomic E-state index is 10.5. The van der Waals surface area contributed by atoms with Crippen LogP contribution >= 0.6 is 0 Å². The Bertz CT molecular complexity index is 388. The minimum atomic E-state index is -1.02. The molecule has 0 bridgehead atoms. The molecule has 0 saturated carbocycles. The van der Waals surface area contributed by atoms with Gasteiger partial charge in [0.2, 0.25) is 0 Å². The number of nitrogens with two attached hydrogens (primary N) is 1. The van der Waals surface area contributed by atoms with Crippen LogP contribution in [0.2, 0.25) is 0 Å². The number of nitrogens with zero attached hydrogens (tertiary/aromatic N) is 1. The van der Waals surface area contributed by atoms with Gasteiger partial charge in [-0.15, -0.1) is 0 Å². The minimum absolute atomic E-state index is 0.214. The van der Waals surface area contributed by atoms with Crippen molar-refractivity contribution in [1.29, 1.82) is 0 Å². The molecule has 1 aromatic rings. The molecule has 0 aliphatic carbocycles. The van der Waals surface area contributed by atoms with Crippen molar-refractivity contribution in [2.75, 3.05) is 0 Å². The van der Waals surface area contributed by atoms with E-state index in [4.69, 9.17) is 10.8 Å². The Balaban J connectivity index is 2.73. The second kappa shape index (κ2) is 4.70. The van der Waals surface area contributed by atoms with Crippen molar-refractivity contribution in [3.8, 4) is 0 Å². The lowest BCUT2D eigenvalue weighted by Gasteiger charge is -2.09. The Morgan fingerprint density at radius 1 is 1.67 bits per heavy atom. The molecule has 15 heavy (non-hydrogen) atoms. The first-order chi connectivity index (χ1) is 7.00. The van der Waals surface area contributed by atoms with Crippen LogP contribution in [-0.4, -0.2) is 22.1 Å². The standard InChI is InChI=1S/C11H14N2O2/c1-7(6-9(12)11(14)15)10-5-3-4-8(2)13-10/h3-5,9H,1,6,12H2,2H3,(H,14,15). The maximum Gasteiger partial charge on any atom is 0.320 e. The van der Waals surface area contributed by atoms with Gasteiger partial charge in [-0.3, -0.25) is 9.78 Å². The molecule has 0 fully saturated rings. The summed E-state index contributed by atoms with van der Waals surface area (Å²) in [6, 6.07) is 4.60. The van der Waals surface area contributed by atoms with Gasteiger partial charge in [0.15, 0.2) is 0 Å². The molecule has 1 rings (SSSR count). The average Bonchev–Trinajstić information content (AvgIpc) is 2.17. The predicted octanol–water partition coefficient (Wildman–Crippen LogP) is 1.21. The van der Waals surface area contributed by atoms with E-state index in [-0.39, 0.29) is 6.42 Å². The van der Waals surface area contributed by atoms with Crippen molar-refractivity contribution in [1.82, 2.24) is 4.98 Å². The second-order valence-electron chi connectivity index (χ2n) is 3.42. The number of aryl methyl sites for hydroxylation is 1. The summed E-state index contributed by atoms with van der Waals surface area (Å²) in [5.41, 5.74) is 7.62. The van der Waals surface area contributed by atoms with Crippen LogP contribution in [0, 0.1) is 6.92 Å². The van der Waals surface area contributed by atoms with Gasteiger partial charge >= 0.3 is 5.97 Å². The monoisotopic (exact) mass is 206 g/mol. The quantitative estimate of drug-likeness (QED) is 0.776. The third-order valence-electron chi connectivity index (χ3n) is 2.03. The van der Waals surface area contributed by atoms with Gasteiger partial charge in [-0.25, -0.2) is 0 Å². The number of carboxylic acids is 1. The molecule has 3 N–H and O–H groups in total. The lowest BCUT2D eigenvalue weighted by atomic mass is 10.0. The topological polar surface area (TPSA) is 76.2 Å². The summed E-state index contributed by atoms with van der Waals surface area (Å²) in [6.07, 6.45) is 0.214. The fourth-order valence-electron chi connectivity index (χ4n) is 1.20. The van der Waals surface area contributed by atoms with E-state index in [2.05, 4.69) is 11.6 Å². The van der Waals surface area contributed by atoms with Crippen molar-refractivity contribution in [2.24, 2.45) is 5.73 Å². The van der Waals surface area contributed by atoms with Crippen LogP contribution in [0.25, 0.3) is 5.57 Å². The van der Waals surface area contributed by atoms with Crippen molar-refractivity contribution in [2.45, 2.75) is 19.4 Å². The Kier molecular flexibility index (Phi) is 3.57. The zero-order chi connectivity index (χ0) is 11.4. The number of carboxylic acid groups (broad SMARTS) is 1. The van der Waals surface area contributed by atoms with Crippen LogP contribution in [0.4, 0.5) is 0 Å². The normalized spacial score (nSPS) is 12.1. The Morgan fingerprint density at radius 2 is 2.33 bits per heavy atom. The molecule has 0 amide bonds. The Morgan fingerprint density at radius 3 is 2.87 bits per heavy atom. The molecule has 0 radical (unpaired) electrons. The van der Waals surface area contributed by atoms with Gasteiger partial charge in [-0.2, -0.15) is 0 Å². The number of aromatic nitrogens is 1. The van der Waals surface area contributed by atoms with Crippen LogP contribution < -0.4 is 5.73 Å². The summed E-state index contributed by atoms with van der Waals surface area (Å²) < 4.78 is 0. The summed E-state index contributed by atoms with van der Waals surface area (Å²) in [6.45, 7) is 5.65. The van der Waals surface area contributed by atoms with E-state index in [1.54, 1.807) is 6.07 Å². The van der Waals surface area contributed by atoms with Crippen LogP contribution in [0.3, 0.4) is 0 Å². The smallest absolute Gasteiger partial charge is 0.320 e. The number of rotatable bonds is 4. The number of hydrogen-bond acceptors (Lipinski definition) is 3. The van der Waals surface area contributed by atoms with Crippen molar-refractivity contribution in [3.05, 3.63) is 36.2 Å². The van der Waals surface area contributed by atoms with E-state index in [0.717, 1.165) is 5.69 Å². The van der Waals surface area contributed by atoms with E-state index in [1.165, 1.54) is 0 Å². The maximum absolute atomic E-state index is 10.5. The SMILES string of the molecule is C=C(CC(N)C(=O)O)c1cccc(C)n1. The van der Waals surface area contributed by atoms with Crippen molar-refractivity contribution in [3.63, 3.8) is 0 Å². The Hall–Kier alpha value is -1.68. The predicted molar refractivity (Wildman–Crippen MR) is 58.2 cm³/mol. The summed E-state index contributed by atoms with van der Waals surface area (Å²) in [4.78, 5) is 14.8. The van der Waals surface area contributed by atoms with Crippen LogP contribution in [0.15, 0.2) is 24.8 Å². The van der Waals surface area contributed by atoms with Crippen LogP contribution in [0.5, 0.6) is 0 Å². The molecule has 1 atom stereocenters. The molecular weight excluding hydrogens is 192 g/mol. The summed E-state index contributed by atoms with van der Waals surface area (Å²) in [5.74, 6) is -1.02. The third kappa shape index (κ3) is 3.18. The summed E-state index contributed by atoms with van der Waals surface area (Å²) >= 11 is 0. The van der Waals surface area contributed by atoms with Crippen molar-refractivity contribution < 1.29 is 9.90 Å². The highest BCUT2D eigenvalue weighted by molar-refractivity contribution is 5.76. The summed E-state index contributed by atoms with van der Waals surface area (Å²) in [5, 5.41) is 8.65. The average molecular weight is 206 g/mol. The zero-order valence-corrected chi connectivity index (χ0v) is 8.60.